The number of nitrogens with zero attached hydrogens (tertiary/aromatic N) is 1. The topological polar surface area (TPSA) is 20.3 Å². The van der Waals surface area contributed by atoms with E-state index >= 15 is 0 Å². The van der Waals surface area contributed by atoms with Gasteiger partial charge >= 0.3 is 0 Å². The van der Waals surface area contributed by atoms with Crippen LogP contribution in [0, 0.1) is 13.8 Å². The largest absolute Gasteiger partial charge is 0.338 e. The molecule has 0 spiro atoms. The molecule has 0 bridgehead atoms. The van der Waals surface area contributed by atoms with Gasteiger partial charge in [-0.25, -0.2) is 0 Å². The molecule has 0 aliphatic heterocycles. The Hall–Kier alpha value is -0.830. The maximum absolute atomic E-state index is 12.3. The van der Waals surface area contributed by atoms with Crippen LogP contribution in [0.5, 0.6) is 0 Å². The Balaban J connectivity index is 2.08. The van der Waals surface area contributed by atoms with Gasteiger partial charge in [0, 0.05) is 18.0 Å². The summed E-state index contributed by atoms with van der Waals surface area (Å²) in [5.74, 6) is 0.207. The van der Waals surface area contributed by atoms with Gasteiger partial charge in [0.05, 0.1) is 4.88 Å². The lowest BCUT2D eigenvalue weighted by Crippen LogP contribution is -2.37. The van der Waals surface area contributed by atoms with Crippen LogP contribution in [0.3, 0.4) is 0 Å². The minimum atomic E-state index is 0.207. The number of thiophene rings is 1. The van der Waals surface area contributed by atoms with Gasteiger partial charge in [0.15, 0.2) is 0 Å². The molecule has 0 unspecified atom stereocenters. The van der Waals surface area contributed by atoms with Crippen molar-refractivity contribution in [2.75, 3.05) is 7.05 Å². The highest BCUT2D eigenvalue weighted by Crippen LogP contribution is 2.26. The van der Waals surface area contributed by atoms with Gasteiger partial charge in [0.1, 0.15) is 0 Å². The molecule has 1 heterocycles. The fourth-order valence-corrected chi connectivity index (χ4v) is 3.50. The highest BCUT2D eigenvalue weighted by molar-refractivity contribution is 7.14. The number of carbonyl (C=O) groups is 1. The Labute approximate surface area is 108 Å². The molecule has 0 aromatic carbocycles. The van der Waals surface area contributed by atoms with Crippen LogP contribution in [0.25, 0.3) is 0 Å². The average Bonchev–Trinajstić information content (AvgIpc) is 2.69. The standard InChI is InChI=1S/C14H21NOS/c1-10-9-13(17-11(10)2)14(16)15(3)12-7-5-4-6-8-12/h9,12H,4-8H2,1-3H3. The summed E-state index contributed by atoms with van der Waals surface area (Å²) in [6.07, 6.45) is 6.21. The van der Waals surface area contributed by atoms with Crippen LogP contribution in [0.1, 0.15) is 52.2 Å². The van der Waals surface area contributed by atoms with Gasteiger partial charge in [-0.05, 0) is 38.3 Å². The number of hydrogen-bond donors (Lipinski definition) is 0. The van der Waals surface area contributed by atoms with Gasteiger partial charge in [-0.3, -0.25) is 4.79 Å². The molecule has 3 heteroatoms. The smallest absolute Gasteiger partial charge is 0.263 e. The molecule has 17 heavy (non-hydrogen) atoms. The van der Waals surface area contributed by atoms with Crippen molar-refractivity contribution in [2.24, 2.45) is 0 Å². The van der Waals surface area contributed by atoms with E-state index in [0.717, 1.165) is 4.88 Å². The third kappa shape index (κ3) is 2.71. The number of carbonyl (C=O) groups excluding carboxylic acids is 1. The highest BCUT2D eigenvalue weighted by atomic mass is 32.1. The molecular formula is C14H21NOS. The van der Waals surface area contributed by atoms with E-state index in [1.807, 2.05) is 18.0 Å². The third-order valence-electron chi connectivity index (χ3n) is 3.82. The molecule has 2 nitrogen and oxygen atoms in total. The van der Waals surface area contributed by atoms with Crippen molar-refractivity contribution in [1.82, 2.24) is 4.90 Å². The van der Waals surface area contributed by atoms with Crippen molar-refractivity contribution in [2.45, 2.75) is 52.0 Å². The molecule has 1 saturated carbocycles. The van der Waals surface area contributed by atoms with Gasteiger partial charge in [-0.1, -0.05) is 19.3 Å². The summed E-state index contributed by atoms with van der Waals surface area (Å²) < 4.78 is 0. The summed E-state index contributed by atoms with van der Waals surface area (Å²) >= 11 is 1.62. The summed E-state index contributed by atoms with van der Waals surface area (Å²) in [5.41, 5.74) is 1.23. The molecule has 0 saturated heterocycles. The van der Waals surface area contributed by atoms with E-state index in [4.69, 9.17) is 0 Å². The Bertz CT molecular complexity index is 385. The normalized spacial score (nSPS) is 17.1. The lowest BCUT2D eigenvalue weighted by Gasteiger charge is -2.30. The second kappa shape index (κ2) is 5.21. The number of hydrogen-bond acceptors (Lipinski definition) is 2. The van der Waals surface area contributed by atoms with Gasteiger partial charge in [-0.15, -0.1) is 11.3 Å². The molecule has 1 aromatic heterocycles. The lowest BCUT2D eigenvalue weighted by atomic mass is 9.94. The molecule has 94 valence electrons. The third-order valence-corrected chi connectivity index (χ3v) is 4.96. The molecule has 1 aliphatic carbocycles. The number of aryl methyl sites for hydroxylation is 2. The predicted molar refractivity (Wildman–Crippen MR) is 72.8 cm³/mol. The Kier molecular flexibility index (Phi) is 3.87. The Morgan fingerprint density at radius 1 is 1.29 bits per heavy atom. The minimum Gasteiger partial charge on any atom is -0.338 e. The molecular weight excluding hydrogens is 230 g/mol. The number of amides is 1. The van der Waals surface area contributed by atoms with Crippen molar-refractivity contribution in [3.63, 3.8) is 0 Å². The molecule has 1 amide bonds. The van der Waals surface area contributed by atoms with Gasteiger partial charge in [0.25, 0.3) is 5.91 Å². The summed E-state index contributed by atoms with van der Waals surface area (Å²) in [5, 5.41) is 0. The molecule has 0 N–H and O–H groups in total. The highest BCUT2D eigenvalue weighted by Gasteiger charge is 2.24. The summed E-state index contributed by atoms with van der Waals surface area (Å²) in [6.45, 7) is 4.15. The second-order valence-corrected chi connectivity index (χ2v) is 6.31. The van der Waals surface area contributed by atoms with E-state index < -0.39 is 0 Å². The molecule has 1 aliphatic rings. The van der Waals surface area contributed by atoms with Crippen LogP contribution in [0.2, 0.25) is 0 Å². The summed E-state index contributed by atoms with van der Waals surface area (Å²) in [4.78, 5) is 16.5. The van der Waals surface area contributed by atoms with E-state index in [9.17, 15) is 4.79 Å². The van der Waals surface area contributed by atoms with E-state index in [2.05, 4.69) is 13.8 Å². The first-order chi connectivity index (χ1) is 8.09. The molecule has 0 atom stereocenters. The van der Waals surface area contributed by atoms with Gasteiger partial charge < -0.3 is 4.90 Å². The summed E-state index contributed by atoms with van der Waals surface area (Å²) in [6, 6.07) is 2.49. The Morgan fingerprint density at radius 2 is 1.94 bits per heavy atom. The van der Waals surface area contributed by atoms with Gasteiger partial charge in [0.2, 0.25) is 0 Å². The van der Waals surface area contributed by atoms with Crippen molar-refractivity contribution in [3.8, 4) is 0 Å². The molecule has 1 fully saturated rings. The first-order valence-corrected chi connectivity index (χ1v) is 7.25. The van der Waals surface area contributed by atoms with E-state index in [0.29, 0.717) is 6.04 Å². The van der Waals surface area contributed by atoms with Crippen molar-refractivity contribution in [1.29, 1.82) is 0 Å². The maximum atomic E-state index is 12.3. The van der Waals surface area contributed by atoms with Crippen LogP contribution in [0.15, 0.2) is 6.07 Å². The fourth-order valence-electron chi connectivity index (χ4n) is 2.49. The second-order valence-electron chi connectivity index (χ2n) is 5.06. The fraction of sp³-hybridized carbons (Fsp3) is 0.643. The number of rotatable bonds is 2. The van der Waals surface area contributed by atoms with Crippen LogP contribution < -0.4 is 0 Å². The first-order valence-electron chi connectivity index (χ1n) is 6.44. The monoisotopic (exact) mass is 251 g/mol. The first kappa shape index (κ1) is 12.6. The predicted octanol–water partition coefficient (Wildman–Crippen LogP) is 3.77. The van der Waals surface area contributed by atoms with E-state index in [-0.39, 0.29) is 5.91 Å². The zero-order valence-electron chi connectivity index (χ0n) is 11.0. The maximum Gasteiger partial charge on any atom is 0.263 e. The van der Waals surface area contributed by atoms with Crippen molar-refractivity contribution >= 4 is 17.2 Å². The Morgan fingerprint density at radius 3 is 2.47 bits per heavy atom. The van der Waals surface area contributed by atoms with Crippen LogP contribution >= 0.6 is 11.3 Å². The molecule has 1 aromatic rings. The summed E-state index contributed by atoms with van der Waals surface area (Å²) in [7, 11) is 1.96. The molecule has 0 radical (unpaired) electrons. The van der Waals surface area contributed by atoms with E-state index in [1.165, 1.54) is 42.5 Å². The van der Waals surface area contributed by atoms with Crippen LogP contribution in [-0.2, 0) is 0 Å². The van der Waals surface area contributed by atoms with Gasteiger partial charge in [-0.2, -0.15) is 0 Å². The van der Waals surface area contributed by atoms with E-state index in [1.54, 1.807) is 11.3 Å². The van der Waals surface area contributed by atoms with Crippen molar-refractivity contribution in [3.05, 3.63) is 21.4 Å². The van der Waals surface area contributed by atoms with Crippen LogP contribution in [0.4, 0.5) is 0 Å². The SMILES string of the molecule is Cc1cc(C(=O)N(C)C2CCCCC2)sc1C. The zero-order valence-corrected chi connectivity index (χ0v) is 11.8. The van der Waals surface area contributed by atoms with Crippen molar-refractivity contribution < 1.29 is 4.79 Å². The molecule has 2 rings (SSSR count). The zero-order chi connectivity index (χ0) is 12.4. The minimum absolute atomic E-state index is 0.207. The van der Waals surface area contributed by atoms with Crippen LogP contribution in [-0.4, -0.2) is 23.9 Å². The quantitative estimate of drug-likeness (QED) is 0.783. The lowest BCUT2D eigenvalue weighted by molar-refractivity contribution is 0.0701. The average molecular weight is 251 g/mol.